The van der Waals surface area contributed by atoms with Gasteiger partial charge in [-0.2, -0.15) is 0 Å². The predicted octanol–water partition coefficient (Wildman–Crippen LogP) is 2.60. The van der Waals surface area contributed by atoms with Gasteiger partial charge in [-0.3, -0.25) is 9.69 Å². The van der Waals surface area contributed by atoms with E-state index in [4.69, 9.17) is 4.74 Å². The van der Waals surface area contributed by atoms with Gasteiger partial charge < -0.3 is 4.74 Å². The fourth-order valence-corrected chi connectivity index (χ4v) is 1.60. The lowest BCUT2D eigenvalue weighted by Gasteiger charge is -2.35. The van der Waals surface area contributed by atoms with Gasteiger partial charge in [-0.15, -0.1) is 0 Å². The predicted molar refractivity (Wildman–Crippen MR) is 66.9 cm³/mol. The Labute approximate surface area is 105 Å². The number of carbonyl (C=O) groups is 2. The molecule has 0 unspecified atom stereocenters. The highest BCUT2D eigenvalue weighted by molar-refractivity contribution is 9.09. The van der Waals surface area contributed by atoms with E-state index < -0.39 is 17.2 Å². The average Bonchev–Trinajstić information content (AvgIpc) is 2.12. The number of rotatable bonds is 3. The van der Waals surface area contributed by atoms with Crippen LogP contribution >= 0.6 is 15.9 Å². The lowest BCUT2D eigenvalue weighted by molar-refractivity contribution is -0.125. The number of amides is 1. The third-order valence-corrected chi connectivity index (χ3v) is 2.82. The molecule has 0 rings (SSSR count). The molecule has 4 nitrogen and oxygen atoms in total. The third kappa shape index (κ3) is 4.12. The zero-order valence-electron chi connectivity index (χ0n) is 10.8. The molecule has 5 heteroatoms. The normalized spacial score (nSPS) is 12.2. The molecule has 0 bridgehead atoms. The number of hydrogen-bond acceptors (Lipinski definition) is 3. The van der Waals surface area contributed by atoms with Gasteiger partial charge in [-0.1, -0.05) is 15.9 Å². The summed E-state index contributed by atoms with van der Waals surface area (Å²) in [4.78, 5) is 24.7. The minimum absolute atomic E-state index is 0.0686. The van der Waals surface area contributed by atoms with Crippen molar-refractivity contribution in [2.45, 2.75) is 45.8 Å². The lowest BCUT2D eigenvalue weighted by Crippen LogP contribution is -2.52. The molecule has 1 amide bonds. The number of ether oxygens (including phenoxy) is 1. The average molecular weight is 294 g/mol. The second-order valence-corrected chi connectivity index (χ2v) is 5.72. The van der Waals surface area contributed by atoms with E-state index in [1.54, 1.807) is 41.7 Å². The first-order chi connectivity index (χ1) is 7.02. The maximum Gasteiger partial charge on any atom is 0.410 e. The Morgan fingerprint density at radius 2 is 1.62 bits per heavy atom. The maximum absolute atomic E-state index is 11.8. The third-order valence-electron chi connectivity index (χ3n) is 2.31. The quantitative estimate of drug-likeness (QED) is 0.752. The standard InChI is InChI=1S/C11H20BrNO3/c1-10(2,3)16-9(15)13(6)11(4,5)8(14)7-12/h7H2,1-6H3. The molecule has 0 aliphatic rings. The van der Waals surface area contributed by atoms with E-state index in [1.165, 1.54) is 4.90 Å². The van der Waals surface area contributed by atoms with Crippen molar-refractivity contribution in [3.8, 4) is 0 Å². The number of nitrogens with zero attached hydrogens (tertiary/aromatic N) is 1. The van der Waals surface area contributed by atoms with E-state index in [9.17, 15) is 9.59 Å². The minimum Gasteiger partial charge on any atom is -0.444 e. The van der Waals surface area contributed by atoms with E-state index in [-0.39, 0.29) is 11.1 Å². The molecule has 94 valence electrons. The largest absolute Gasteiger partial charge is 0.444 e. The van der Waals surface area contributed by atoms with Crippen LogP contribution in [0.15, 0.2) is 0 Å². The van der Waals surface area contributed by atoms with Gasteiger partial charge in [0, 0.05) is 7.05 Å². The Morgan fingerprint density at radius 3 is 1.94 bits per heavy atom. The van der Waals surface area contributed by atoms with Crippen LogP contribution in [-0.4, -0.2) is 40.3 Å². The Balaban J connectivity index is 4.73. The van der Waals surface area contributed by atoms with Crippen molar-refractivity contribution in [2.24, 2.45) is 0 Å². The molecule has 0 aliphatic carbocycles. The smallest absolute Gasteiger partial charge is 0.410 e. The van der Waals surface area contributed by atoms with Crippen LogP contribution in [0, 0.1) is 0 Å². The number of Topliss-reactive ketones (excluding diaryl/α,β-unsaturated/α-hetero) is 1. The van der Waals surface area contributed by atoms with Crippen molar-refractivity contribution in [3.05, 3.63) is 0 Å². The highest BCUT2D eigenvalue weighted by Gasteiger charge is 2.36. The number of halogens is 1. The van der Waals surface area contributed by atoms with Crippen LogP contribution in [0.4, 0.5) is 4.79 Å². The SMILES string of the molecule is CN(C(=O)OC(C)(C)C)C(C)(C)C(=O)CBr. The second-order valence-electron chi connectivity index (χ2n) is 5.16. The second kappa shape index (κ2) is 5.17. The summed E-state index contributed by atoms with van der Waals surface area (Å²) in [5.74, 6) is -0.0686. The van der Waals surface area contributed by atoms with Crippen LogP contribution in [0.25, 0.3) is 0 Å². The molecule has 0 aromatic heterocycles. The van der Waals surface area contributed by atoms with Gasteiger partial charge in [-0.25, -0.2) is 4.79 Å². The number of carbonyl (C=O) groups excluding carboxylic acids is 2. The number of likely N-dealkylation sites (N-methyl/N-ethyl adjacent to an activating group) is 1. The highest BCUT2D eigenvalue weighted by atomic mass is 79.9. The van der Waals surface area contributed by atoms with Gasteiger partial charge in [-0.05, 0) is 34.6 Å². The summed E-state index contributed by atoms with van der Waals surface area (Å²) in [6, 6.07) is 0. The molecule has 0 fully saturated rings. The lowest BCUT2D eigenvalue weighted by atomic mass is 9.99. The molecule has 0 aromatic rings. The molecule has 0 spiro atoms. The van der Waals surface area contributed by atoms with Crippen LogP contribution in [0.2, 0.25) is 0 Å². The number of alkyl halides is 1. The van der Waals surface area contributed by atoms with Crippen LogP contribution in [0.3, 0.4) is 0 Å². The first kappa shape index (κ1) is 15.4. The van der Waals surface area contributed by atoms with Crippen molar-refractivity contribution in [3.63, 3.8) is 0 Å². The van der Waals surface area contributed by atoms with Crippen LogP contribution in [0.1, 0.15) is 34.6 Å². The zero-order valence-corrected chi connectivity index (χ0v) is 12.3. The Morgan fingerprint density at radius 1 is 1.19 bits per heavy atom. The summed E-state index contributed by atoms with van der Waals surface area (Å²) in [5, 5.41) is 0.215. The minimum atomic E-state index is -0.869. The topological polar surface area (TPSA) is 46.6 Å². The monoisotopic (exact) mass is 293 g/mol. The van der Waals surface area contributed by atoms with Crippen molar-refractivity contribution in [2.75, 3.05) is 12.4 Å². The summed E-state index contributed by atoms with van der Waals surface area (Å²) >= 11 is 3.10. The Kier molecular flexibility index (Phi) is 4.98. The van der Waals surface area contributed by atoms with Crippen molar-refractivity contribution in [1.82, 2.24) is 4.90 Å². The summed E-state index contributed by atoms with van der Waals surface area (Å²) in [7, 11) is 1.56. The fraction of sp³-hybridized carbons (Fsp3) is 0.818. The summed E-state index contributed by atoms with van der Waals surface area (Å²) < 4.78 is 5.20. The zero-order chi connectivity index (χ0) is 13.1. The van der Waals surface area contributed by atoms with Gasteiger partial charge in [0.05, 0.1) is 10.9 Å². The molecular formula is C11H20BrNO3. The van der Waals surface area contributed by atoms with Crippen LogP contribution in [-0.2, 0) is 9.53 Å². The summed E-state index contributed by atoms with van der Waals surface area (Å²) in [5.41, 5.74) is -1.43. The van der Waals surface area contributed by atoms with Gasteiger partial charge in [0.15, 0.2) is 5.78 Å². The molecule has 0 saturated carbocycles. The van der Waals surface area contributed by atoms with Gasteiger partial charge in [0.1, 0.15) is 5.60 Å². The molecule has 0 saturated heterocycles. The maximum atomic E-state index is 11.8. The molecule has 0 radical (unpaired) electrons. The van der Waals surface area contributed by atoms with Gasteiger partial charge >= 0.3 is 6.09 Å². The Bertz CT molecular complexity index is 281. The highest BCUT2D eigenvalue weighted by Crippen LogP contribution is 2.18. The summed E-state index contributed by atoms with van der Waals surface area (Å²) in [6.07, 6.45) is -0.494. The first-order valence-corrected chi connectivity index (χ1v) is 6.20. The van der Waals surface area contributed by atoms with Crippen molar-refractivity contribution in [1.29, 1.82) is 0 Å². The van der Waals surface area contributed by atoms with E-state index in [0.717, 1.165) is 0 Å². The molecule has 0 heterocycles. The van der Waals surface area contributed by atoms with Gasteiger partial charge in [0.25, 0.3) is 0 Å². The van der Waals surface area contributed by atoms with E-state index in [2.05, 4.69) is 15.9 Å². The fourth-order valence-electron chi connectivity index (χ4n) is 0.909. The number of ketones is 1. The van der Waals surface area contributed by atoms with Crippen molar-refractivity contribution >= 4 is 27.8 Å². The molecule has 0 N–H and O–H groups in total. The molecular weight excluding hydrogens is 274 g/mol. The van der Waals surface area contributed by atoms with Crippen molar-refractivity contribution < 1.29 is 14.3 Å². The van der Waals surface area contributed by atoms with Gasteiger partial charge in [0.2, 0.25) is 0 Å². The Hall–Kier alpha value is -0.580. The van der Waals surface area contributed by atoms with Crippen LogP contribution in [0.5, 0.6) is 0 Å². The van der Waals surface area contributed by atoms with E-state index >= 15 is 0 Å². The molecule has 0 aliphatic heterocycles. The van der Waals surface area contributed by atoms with E-state index in [1.807, 2.05) is 0 Å². The molecule has 0 aromatic carbocycles. The first-order valence-electron chi connectivity index (χ1n) is 5.08. The molecule has 16 heavy (non-hydrogen) atoms. The number of hydrogen-bond donors (Lipinski definition) is 0. The molecule has 0 atom stereocenters. The summed E-state index contributed by atoms with van der Waals surface area (Å²) in [6.45, 7) is 8.76. The van der Waals surface area contributed by atoms with Crippen LogP contribution < -0.4 is 0 Å². The van der Waals surface area contributed by atoms with E-state index in [0.29, 0.717) is 0 Å².